The summed E-state index contributed by atoms with van der Waals surface area (Å²) < 4.78 is 2.56. The van der Waals surface area contributed by atoms with E-state index in [-0.39, 0.29) is 5.41 Å². The second kappa shape index (κ2) is 18.1. The zero-order valence-electron chi connectivity index (χ0n) is 25.5. The van der Waals surface area contributed by atoms with Crippen LogP contribution in [0.1, 0.15) is 140 Å². The summed E-state index contributed by atoms with van der Waals surface area (Å²) in [4.78, 5) is 3.77. The van der Waals surface area contributed by atoms with E-state index in [9.17, 15) is 0 Å². The monoisotopic (exact) mass is 529 g/mol. The van der Waals surface area contributed by atoms with E-state index in [4.69, 9.17) is 0 Å². The van der Waals surface area contributed by atoms with Gasteiger partial charge in [0.2, 0.25) is 0 Å². The fraction of sp³-hybridized carbons (Fsp3) is 0.595. The lowest BCUT2D eigenvalue weighted by Gasteiger charge is -2.37. The number of H-pyrrole nitrogens is 1. The molecule has 2 aromatic carbocycles. The Morgan fingerprint density at radius 2 is 1.21 bits per heavy atom. The van der Waals surface area contributed by atoms with Crippen LogP contribution in [0.5, 0.6) is 0 Å². The third-order valence-corrected chi connectivity index (χ3v) is 8.84. The van der Waals surface area contributed by atoms with Crippen molar-refractivity contribution in [3.05, 3.63) is 90.0 Å². The van der Waals surface area contributed by atoms with Crippen molar-refractivity contribution in [3.63, 3.8) is 0 Å². The standard InChI is InChI=1S/C37H56N2/c1-4-6-8-10-12-13-15-23-30-39-31-29-38-36(39)35(28-22-14-11-9-7-5-2)37(3,34-26-20-17-21-27-34)32-33-24-18-16-19-25-33/h16-21,24-27,29,31,35H,4-15,22-23,28,30,32H2,1-3H3/p+1. The lowest BCUT2D eigenvalue weighted by atomic mass is 9.66. The highest BCUT2D eigenvalue weighted by Crippen LogP contribution is 2.43. The normalized spacial score (nSPS) is 13.8. The molecule has 2 heteroatoms. The maximum atomic E-state index is 3.77. The Morgan fingerprint density at radius 1 is 0.667 bits per heavy atom. The maximum absolute atomic E-state index is 3.77. The predicted molar refractivity (Wildman–Crippen MR) is 168 cm³/mol. The fourth-order valence-corrected chi connectivity index (χ4v) is 6.44. The molecule has 3 aromatic rings. The third kappa shape index (κ3) is 10.3. The number of benzene rings is 2. The van der Waals surface area contributed by atoms with Crippen LogP contribution in [0.15, 0.2) is 73.1 Å². The number of aryl methyl sites for hydroxylation is 1. The Morgan fingerprint density at radius 3 is 1.82 bits per heavy atom. The lowest BCUT2D eigenvalue weighted by Crippen LogP contribution is -2.43. The van der Waals surface area contributed by atoms with Crippen molar-refractivity contribution in [1.29, 1.82) is 0 Å². The summed E-state index contributed by atoms with van der Waals surface area (Å²) in [6, 6.07) is 22.5. The molecule has 0 amide bonds. The molecule has 2 atom stereocenters. The number of rotatable bonds is 21. The van der Waals surface area contributed by atoms with Gasteiger partial charge in [0.25, 0.3) is 5.82 Å². The summed E-state index contributed by atoms with van der Waals surface area (Å²) >= 11 is 0. The minimum Gasteiger partial charge on any atom is -0.247 e. The van der Waals surface area contributed by atoms with Gasteiger partial charge in [-0.3, -0.25) is 0 Å². The van der Waals surface area contributed by atoms with Crippen molar-refractivity contribution >= 4 is 0 Å². The average Bonchev–Trinajstić information content (AvgIpc) is 3.43. The van der Waals surface area contributed by atoms with Crippen LogP contribution in [-0.2, 0) is 18.4 Å². The van der Waals surface area contributed by atoms with Gasteiger partial charge < -0.3 is 0 Å². The summed E-state index contributed by atoms with van der Waals surface area (Å²) in [5.74, 6) is 1.86. The summed E-state index contributed by atoms with van der Waals surface area (Å²) in [5.41, 5.74) is 2.90. The second-order valence-electron chi connectivity index (χ2n) is 12.1. The van der Waals surface area contributed by atoms with Gasteiger partial charge in [-0.2, -0.15) is 0 Å². The van der Waals surface area contributed by atoms with Gasteiger partial charge in [0.05, 0.1) is 12.5 Å². The first-order chi connectivity index (χ1) is 19.2. The number of hydrogen-bond donors (Lipinski definition) is 1. The molecular formula is C37H57N2+. The summed E-state index contributed by atoms with van der Waals surface area (Å²) in [7, 11) is 0. The van der Waals surface area contributed by atoms with Gasteiger partial charge in [-0.25, -0.2) is 9.55 Å². The molecule has 39 heavy (non-hydrogen) atoms. The number of aromatic nitrogens is 2. The fourth-order valence-electron chi connectivity index (χ4n) is 6.44. The zero-order valence-corrected chi connectivity index (χ0v) is 25.5. The molecule has 0 saturated carbocycles. The minimum atomic E-state index is 0.0118. The smallest absolute Gasteiger partial charge is 0.247 e. The number of nitrogens with one attached hydrogen (secondary N) is 1. The predicted octanol–water partition coefficient (Wildman–Crippen LogP) is 10.5. The van der Waals surface area contributed by atoms with Crippen molar-refractivity contribution in [3.8, 4) is 0 Å². The molecule has 0 fully saturated rings. The van der Waals surface area contributed by atoms with Gasteiger partial charge in [-0.05, 0) is 36.8 Å². The van der Waals surface area contributed by atoms with Crippen molar-refractivity contribution in [2.75, 3.05) is 0 Å². The number of unbranched alkanes of at least 4 members (excludes halogenated alkanes) is 12. The highest BCUT2D eigenvalue weighted by atomic mass is 15.1. The molecular weight excluding hydrogens is 472 g/mol. The number of imidazole rings is 1. The van der Waals surface area contributed by atoms with Gasteiger partial charge in [0.1, 0.15) is 12.4 Å². The highest BCUT2D eigenvalue weighted by Gasteiger charge is 2.41. The van der Waals surface area contributed by atoms with Crippen molar-refractivity contribution in [2.24, 2.45) is 0 Å². The van der Waals surface area contributed by atoms with Crippen LogP contribution in [0, 0.1) is 0 Å². The highest BCUT2D eigenvalue weighted by molar-refractivity contribution is 5.32. The van der Waals surface area contributed by atoms with E-state index in [1.165, 1.54) is 113 Å². The Labute approximate surface area is 240 Å². The molecule has 0 bridgehead atoms. The van der Waals surface area contributed by atoms with Gasteiger partial charge in [0, 0.05) is 5.41 Å². The number of hydrogen-bond acceptors (Lipinski definition) is 0. The van der Waals surface area contributed by atoms with Crippen LogP contribution in [0.2, 0.25) is 0 Å². The molecule has 0 aliphatic rings. The van der Waals surface area contributed by atoms with Crippen molar-refractivity contribution in [1.82, 2.24) is 4.98 Å². The molecule has 214 valence electrons. The van der Waals surface area contributed by atoms with Gasteiger partial charge >= 0.3 is 0 Å². The third-order valence-electron chi connectivity index (χ3n) is 8.84. The molecule has 2 nitrogen and oxygen atoms in total. The molecule has 0 aliphatic carbocycles. The van der Waals surface area contributed by atoms with Crippen molar-refractivity contribution in [2.45, 2.75) is 141 Å². The van der Waals surface area contributed by atoms with E-state index in [0.29, 0.717) is 5.92 Å². The van der Waals surface area contributed by atoms with E-state index >= 15 is 0 Å². The van der Waals surface area contributed by atoms with E-state index in [1.54, 1.807) is 0 Å². The second-order valence-corrected chi connectivity index (χ2v) is 12.1. The van der Waals surface area contributed by atoms with E-state index in [1.807, 2.05) is 0 Å². The van der Waals surface area contributed by atoms with Crippen molar-refractivity contribution < 1.29 is 4.57 Å². The molecule has 0 spiro atoms. The van der Waals surface area contributed by atoms with Crippen LogP contribution in [0.3, 0.4) is 0 Å². The largest absolute Gasteiger partial charge is 0.258 e. The Bertz CT molecular complexity index is 993. The van der Waals surface area contributed by atoms with Crippen LogP contribution in [0.4, 0.5) is 0 Å². The van der Waals surface area contributed by atoms with E-state index in [0.717, 1.165) is 13.0 Å². The molecule has 2 unspecified atom stereocenters. The Kier molecular flexibility index (Phi) is 14.5. The van der Waals surface area contributed by atoms with Crippen LogP contribution < -0.4 is 4.57 Å². The first kappa shape index (κ1) is 31.2. The molecule has 1 heterocycles. The SMILES string of the molecule is CCCCCCCCCC[n+]1cc[nH]c1C(CCCCCCCC)C(C)(Cc1ccccc1)c1ccccc1. The average molecular weight is 530 g/mol. The van der Waals surface area contributed by atoms with Gasteiger partial charge in [-0.1, -0.05) is 158 Å². The summed E-state index contributed by atoms with van der Waals surface area (Å²) in [5, 5.41) is 0. The van der Waals surface area contributed by atoms with Gasteiger partial charge in [-0.15, -0.1) is 0 Å². The molecule has 1 aromatic heterocycles. The lowest BCUT2D eigenvalue weighted by molar-refractivity contribution is -0.705. The Hall–Kier alpha value is -2.35. The van der Waals surface area contributed by atoms with Crippen LogP contribution in [-0.4, -0.2) is 4.98 Å². The van der Waals surface area contributed by atoms with E-state index in [2.05, 4.69) is 103 Å². The van der Waals surface area contributed by atoms with E-state index < -0.39 is 0 Å². The molecule has 1 N–H and O–H groups in total. The maximum Gasteiger partial charge on any atom is 0.258 e. The molecule has 0 saturated heterocycles. The van der Waals surface area contributed by atoms with Crippen LogP contribution in [0.25, 0.3) is 0 Å². The quantitative estimate of drug-likeness (QED) is 0.105. The molecule has 3 rings (SSSR count). The zero-order chi connectivity index (χ0) is 27.6. The first-order valence-corrected chi connectivity index (χ1v) is 16.3. The topological polar surface area (TPSA) is 19.7 Å². The number of aromatic amines is 1. The number of nitrogens with zero attached hydrogens (tertiary/aromatic N) is 1. The molecule has 0 radical (unpaired) electrons. The van der Waals surface area contributed by atoms with Crippen LogP contribution >= 0.6 is 0 Å². The minimum absolute atomic E-state index is 0.0118. The molecule has 0 aliphatic heterocycles. The first-order valence-electron chi connectivity index (χ1n) is 16.3. The Balaban J connectivity index is 1.79. The summed E-state index contributed by atoms with van der Waals surface area (Å²) in [6.45, 7) is 8.25. The summed E-state index contributed by atoms with van der Waals surface area (Å²) in [6.07, 6.45) is 25.7. The van der Waals surface area contributed by atoms with Gasteiger partial charge in [0.15, 0.2) is 0 Å².